The van der Waals surface area contributed by atoms with Crippen molar-refractivity contribution in [2.75, 3.05) is 6.61 Å². The molecule has 2 aliphatic carbocycles. The lowest BCUT2D eigenvalue weighted by Gasteiger charge is -2.41. The van der Waals surface area contributed by atoms with Crippen LogP contribution in [0.5, 0.6) is 0 Å². The fraction of sp³-hybridized carbons (Fsp3) is 0.471. The number of ketones is 1. The van der Waals surface area contributed by atoms with Crippen molar-refractivity contribution in [3.8, 4) is 0 Å². The van der Waals surface area contributed by atoms with E-state index in [-0.39, 0.29) is 25.2 Å². The van der Waals surface area contributed by atoms with E-state index in [0.29, 0.717) is 5.56 Å². The number of carbonyl (C=O) groups excluding carboxylic acids is 3. The summed E-state index contributed by atoms with van der Waals surface area (Å²) in [7, 11) is 0. The van der Waals surface area contributed by atoms with E-state index in [4.69, 9.17) is 4.74 Å². The first-order valence-corrected chi connectivity index (χ1v) is 7.74. The maximum Gasteiger partial charge on any atom is 0.318 e. The molecule has 4 rings (SSSR count). The topological polar surface area (TPSA) is 92.7 Å². The number of ether oxygens (including phenoxy) is 1. The average Bonchev–Trinajstić information content (AvgIpc) is 2.99. The van der Waals surface area contributed by atoms with Crippen molar-refractivity contribution in [2.24, 2.45) is 11.3 Å². The van der Waals surface area contributed by atoms with Crippen molar-refractivity contribution in [2.45, 2.75) is 30.9 Å². The highest BCUT2D eigenvalue weighted by molar-refractivity contribution is 6.11. The molecule has 0 aromatic heterocycles. The number of aliphatic hydroxyl groups is 1. The smallest absolute Gasteiger partial charge is 0.318 e. The second-order valence-corrected chi connectivity index (χ2v) is 6.52. The minimum Gasteiger partial charge on any atom is -0.465 e. The third-order valence-corrected chi connectivity index (χ3v) is 5.79. The summed E-state index contributed by atoms with van der Waals surface area (Å²) in [5, 5.41) is 13.9. The van der Waals surface area contributed by atoms with Crippen LogP contribution >= 0.6 is 0 Å². The molecule has 0 spiro atoms. The summed E-state index contributed by atoms with van der Waals surface area (Å²) in [5.74, 6) is -2.45. The van der Waals surface area contributed by atoms with Crippen molar-refractivity contribution >= 4 is 17.7 Å². The van der Waals surface area contributed by atoms with Gasteiger partial charge in [-0.3, -0.25) is 14.4 Å². The number of hydrogen-bond acceptors (Lipinski definition) is 5. The molecular weight excluding hydrogens is 298 g/mol. The molecule has 1 heterocycles. The van der Waals surface area contributed by atoms with Gasteiger partial charge in [-0.2, -0.15) is 0 Å². The van der Waals surface area contributed by atoms with E-state index in [9.17, 15) is 19.5 Å². The molecular formula is C17H17NO5. The van der Waals surface area contributed by atoms with Crippen LogP contribution in [0.3, 0.4) is 0 Å². The second kappa shape index (κ2) is 4.20. The molecule has 6 nitrogen and oxygen atoms in total. The van der Waals surface area contributed by atoms with Crippen molar-refractivity contribution in [3.63, 3.8) is 0 Å². The van der Waals surface area contributed by atoms with Gasteiger partial charge in [0.15, 0.2) is 5.60 Å². The first-order chi connectivity index (χ1) is 10.9. The molecule has 1 aliphatic heterocycles. The summed E-state index contributed by atoms with van der Waals surface area (Å²) >= 11 is 0. The number of esters is 1. The third kappa shape index (κ3) is 1.29. The Morgan fingerprint density at radius 1 is 1.35 bits per heavy atom. The zero-order valence-corrected chi connectivity index (χ0v) is 12.7. The van der Waals surface area contributed by atoms with Crippen molar-refractivity contribution < 1.29 is 24.2 Å². The molecule has 120 valence electrons. The van der Waals surface area contributed by atoms with Gasteiger partial charge in [0.2, 0.25) is 0 Å². The highest BCUT2D eigenvalue weighted by Crippen LogP contribution is 2.71. The summed E-state index contributed by atoms with van der Waals surface area (Å²) in [6.45, 7) is 1.78. The molecule has 6 heteroatoms. The Kier molecular flexibility index (Phi) is 2.63. The van der Waals surface area contributed by atoms with E-state index in [0.717, 1.165) is 0 Å². The molecule has 1 aromatic rings. The highest BCUT2D eigenvalue weighted by Gasteiger charge is 2.89. The van der Waals surface area contributed by atoms with E-state index < -0.39 is 34.3 Å². The molecule has 1 amide bonds. The highest BCUT2D eigenvalue weighted by atomic mass is 16.5. The number of amides is 1. The predicted molar refractivity (Wildman–Crippen MR) is 78.0 cm³/mol. The third-order valence-electron chi connectivity index (χ3n) is 5.79. The number of rotatable bonds is 3. The Morgan fingerprint density at radius 3 is 2.70 bits per heavy atom. The van der Waals surface area contributed by atoms with Gasteiger partial charge < -0.3 is 15.2 Å². The number of benzene rings is 1. The summed E-state index contributed by atoms with van der Waals surface area (Å²) in [4.78, 5) is 37.7. The largest absolute Gasteiger partial charge is 0.465 e. The molecule has 2 saturated carbocycles. The average molecular weight is 315 g/mol. The molecule has 2 N–H and O–H groups in total. The normalized spacial score (nSPS) is 40.3. The molecule has 0 radical (unpaired) electrons. The van der Waals surface area contributed by atoms with Crippen LogP contribution in [0, 0.1) is 11.3 Å². The lowest BCUT2D eigenvalue weighted by Crippen LogP contribution is -2.55. The second-order valence-electron chi connectivity index (χ2n) is 6.52. The number of hydrogen-bond donors (Lipinski definition) is 2. The Morgan fingerprint density at radius 2 is 2.04 bits per heavy atom. The standard InChI is InChI=1S/C17H17NO5/c1-2-23-14(21)15-9-12(19)11-8-16(15,10-6-4-3-5-7-10)18-13(20)17(11,15)22/h3-7,11,22H,2,8-9H2,1H3,(H,18,20)/t11-,15+,16-,17-/m1/s1. The first-order valence-electron chi connectivity index (χ1n) is 7.74. The van der Waals surface area contributed by atoms with Gasteiger partial charge in [-0.25, -0.2) is 0 Å². The summed E-state index contributed by atoms with van der Waals surface area (Å²) < 4.78 is 5.19. The van der Waals surface area contributed by atoms with Crippen LogP contribution in [-0.4, -0.2) is 35.0 Å². The molecule has 1 saturated heterocycles. The Bertz CT molecular complexity index is 732. The molecule has 3 aliphatic rings. The SMILES string of the molecule is CCOC(=O)[C@@]12CC(=O)[C@H]3C[C@]1(c1ccccc1)NC(=O)[C@]32O. The van der Waals surface area contributed by atoms with Crippen molar-refractivity contribution in [1.82, 2.24) is 5.32 Å². The maximum absolute atomic E-state index is 12.8. The lowest BCUT2D eigenvalue weighted by molar-refractivity contribution is -0.172. The van der Waals surface area contributed by atoms with Crippen LogP contribution in [-0.2, 0) is 24.7 Å². The number of Topliss-reactive ketones (excluding diaryl/α,β-unsaturated/α-hetero) is 1. The minimum absolute atomic E-state index is 0.120. The van der Waals surface area contributed by atoms with Crippen molar-refractivity contribution in [3.05, 3.63) is 35.9 Å². The summed E-state index contributed by atoms with van der Waals surface area (Å²) in [5.41, 5.74) is -3.99. The van der Waals surface area contributed by atoms with Crippen LogP contribution in [0.1, 0.15) is 25.3 Å². The summed E-state index contributed by atoms with van der Waals surface area (Å²) in [6.07, 6.45) is 0.0392. The minimum atomic E-state index is -2.02. The Labute approximate surface area is 132 Å². The van der Waals surface area contributed by atoms with Crippen LogP contribution in [0.4, 0.5) is 0 Å². The van der Waals surface area contributed by atoms with E-state index in [1.54, 1.807) is 31.2 Å². The van der Waals surface area contributed by atoms with Gasteiger partial charge >= 0.3 is 5.97 Å². The van der Waals surface area contributed by atoms with E-state index in [2.05, 4.69) is 5.32 Å². The first kappa shape index (κ1) is 14.4. The van der Waals surface area contributed by atoms with Crippen LogP contribution in [0.15, 0.2) is 30.3 Å². The zero-order chi connectivity index (χ0) is 16.5. The Balaban J connectivity index is 1.99. The summed E-state index contributed by atoms with van der Waals surface area (Å²) in [6, 6.07) is 9.05. The number of nitrogens with one attached hydrogen (secondary N) is 1. The fourth-order valence-electron chi connectivity index (χ4n) is 4.88. The molecule has 3 fully saturated rings. The monoisotopic (exact) mass is 315 g/mol. The molecule has 4 atom stereocenters. The van der Waals surface area contributed by atoms with Crippen LogP contribution < -0.4 is 5.32 Å². The van der Waals surface area contributed by atoms with Gasteiger partial charge in [0.1, 0.15) is 11.2 Å². The fourth-order valence-corrected chi connectivity index (χ4v) is 4.88. The van der Waals surface area contributed by atoms with E-state index >= 15 is 0 Å². The van der Waals surface area contributed by atoms with Gasteiger partial charge in [0, 0.05) is 6.42 Å². The number of piperidine rings is 1. The van der Waals surface area contributed by atoms with Gasteiger partial charge in [0.25, 0.3) is 5.91 Å². The van der Waals surface area contributed by atoms with Crippen LogP contribution in [0.2, 0.25) is 0 Å². The van der Waals surface area contributed by atoms with Gasteiger partial charge in [-0.15, -0.1) is 0 Å². The quantitative estimate of drug-likeness (QED) is 0.782. The lowest BCUT2D eigenvalue weighted by atomic mass is 9.64. The molecule has 0 unspecified atom stereocenters. The molecule has 1 aromatic carbocycles. The predicted octanol–water partition coefficient (Wildman–Crippen LogP) is 0.285. The van der Waals surface area contributed by atoms with Gasteiger partial charge in [-0.05, 0) is 18.9 Å². The number of carbonyl (C=O) groups is 3. The molecule has 4 bridgehead atoms. The van der Waals surface area contributed by atoms with E-state index in [1.807, 2.05) is 6.07 Å². The Hall–Kier alpha value is -2.21. The van der Waals surface area contributed by atoms with Crippen molar-refractivity contribution in [1.29, 1.82) is 0 Å². The van der Waals surface area contributed by atoms with Crippen LogP contribution in [0.25, 0.3) is 0 Å². The zero-order valence-electron chi connectivity index (χ0n) is 12.7. The molecule has 23 heavy (non-hydrogen) atoms. The maximum atomic E-state index is 12.8. The van der Waals surface area contributed by atoms with Gasteiger partial charge in [-0.1, -0.05) is 30.3 Å². The van der Waals surface area contributed by atoms with Gasteiger partial charge in [0.05, 0.1) is 18.1 Å². The van der Waals surface area contributed by atoms with E-state index in [1.165, 1.54) is 0 Å².